The van der Waals surface area contributed by atoms with Crippen molar-refractivity contribution in [1.82, 2.24) is 5.32 Å². The van der Waals surface area contributed by atoms with Gasteiger partial charge in [-0.25, -0.2) is 0 Å². The number of rotatable bonds is 4. The highest BCUT2D eigenvalue weighted by Crippen LogP contribution is 2.33. The van der Waals surface area contributed by atoms with E-state index in [2.05, 4.69) is 5.32 Å². The molecule has 1 atom stereocenters. The van der Waals surface area contributed by atoms with Crippen LogP contribution in [0.3, 0.4) is 0 Å². The van der Waals surface area contributed by atoms with Crippen LogP contribution in [-0.2, 0) is 4.79 Å². The molecule has 0 bridgehead atoms. The van der Waals surface area contributed by atoms with Gasteiger partial charge in [0.05, 0.1) is 0 Å². The van der Waals surface area contributed by atoms with Crippen molar-refractivity contribution >= 4 is 5.78 Å². The first kappa shape index (κ1) is 8.24. The maximum atomic E-state index is 11.4. The molecule has 2 aliphatic rings. The predicted octanol–water partition coefficient (Wildman–Crippen LogP) is 1.36. The molecule has 2 rings (SSSR count). The Hall–Kier alpha value is -0.370. The Morgan fingerprint density at radius 2 is 1.92 bits per heavy atom. The zero-order chi connectivity index (χ0) is 8.39. The standard InChI is InChI=1S/C10H17NO/c12-10(5-8-1-2-8)6-9-3-4-11-7-9/h8-9,11H,1-7H2/t9-/m1/s1. The van der Waals surface area contributed by atoms with Gasteiger partial charge in [0.25, 0.3) is 0 Å². The fourth-order valence-electron chi connectivity index (χ4n) is 1.94. The molecule has 2 fully saturated rings. The first-order valence-electron chi connectivity index (χ1n) is 5.07. The molecular formula is C10H17NO. The van der Waals surface area contributed by atoms with Crippen LogP contribution in [0.5, 0.6) is 0 Å². The van der Waals surface area contributed by atoms with Crippen LogP contribution in [0.25, 0.3) is 0 Å². The van der Waals surface area contributed by atoms with Crippen molar-refractivity contribution in [2.24, 2.45) is 11.8 Å². The number of hydrogen-bond acceptors (Lipinski definition) is 2. The number of ketones is 1. The third kappa shape index (κ3) is 2.31. The van der Waals surface area contributed by atoms with Crippen molar-refractivity contribution in [3.8, 4) is 0 Å². The summed E-state index contributed by atoms with van der Waals surface area (Å²) in [6.45, 7) is 2.18. The van der Waals surface area contributed by atoms with E-state index in [0.29, 0.717) is 11.7 Å². The van der Waals surface area contributed by atoms with Crippen molar-refractivity contribution in [1.29, 1.82) is 0 Å². The summed E-state index contributed by atoms with van der Waals surface area (Å²) < 4.78 is 0. The maximum Gasteiger partial charge on any atom is 0.133 e. The first-order valence-corrected chi connectivity index (χ1v) is 5.07. The van der Waals surface area contributed by atoms with Gasteiger partial charge in [0.1, 0.15) is 5.78 Å². The molecular weight excluding hydrogens is 150 g/mol. The molecule has 1 heterocycles. The van der Waals surface area contributed by atoms with Crippen molar-refractivity contribution in [3.05, 3.63) is 0 Å². The molecule has 2 nitrogen and oxygen atoms in total. The average Bonchev–Trinajstić information content (AvgIpc) is 2.66. The van der Waals surface area contributed by atoms with Gasteiger partial charge < -0.3 is 5.32 Å². The van der Waals surface area contributed by atoms with Crippen molar-refractivity contribution in [3.63, 3.8) is 0 Å². The van der Waals surface area contributed by atoms with E-state index in [4.69, 9.17) is 0 Å². The van der Waals surface area contributed by atoms with Crippen LogP contribution in [-0.4, -0.2) is 18.9 Å². The van der Waals surface area contributed by atoms with E-state index in [-0.39, 0.29) is 0 Å². The second-order valence-corrected chi connectivity index (χ2v) is 4.25. The Labute approximate surface area is 73.7 Å². The van der Waals surface area contributed by atoms with Crippen LogP contribution in [0, 0.1) is 11.8 Å². The van der Waals surface area contributed by atoms with Crippen molar-refractivity contribution in [2.45, 2.75) is 32.1 Å². The monoisotopic (exact) mass is 167 g/mol. The van der Waals surface area contributed by atoms with E-state index >= 15 is 0 Å². The highest BCUT2D eigenvalue weighted by molar-refractivity contribution is 5.79. The van der Waals surface area contributed by atoms with E-state index in [1.807, 2.05) is 0 Å². The summed E-state index contributed by atoms with van der Waals surface area (Å²) in [7, 11) is 0. The maximum absolute atomic E-state index is 11.4. The normalized spacial score (nSPS) is 29.2. The van der Waals surface area contributed by atoms with Gasteiger partial charge in [-0.3, -0.25) is 4.79 Å². The van der Waals surface area contributed by atoms with Gasteiger partial charge in [0.2, 0.25) is 0 Å². The van der Waals surface area contributed by atoms with E-state index < -0.39 is 0 Å². The molecule has 0 aromatic rings. The van der Waals surface area contributed by atoms with Crippen molar-refractivity contribution < 1.29 is 4.79 Å². The van der Waals surface area contributed by atoms with Gasteiger partial charge >= 0.3 is 0 Å². The van der Waals surface area contributed by atoms with E-state index in [0.717, 1.165) is 31.8 Å². The lowest BCUT2D eigenvalue weighted by Crippen LogP contribution is -2.12. The first-order chi connectivity index (χ1) is 5.84. The Kier molecular flexibility index (Phi) is 2.45. The number of carbonyl (C=O) groups is 1. The minimum absolute atomic E-state index is 0.506. The van der Waals surface area contributed by atoms with E-state index in [1.54, 1.807) is 0 Å². The van der Waals surface area contributed by atoms with Crippen LogP contribution >= 0.6 is 0 Å². The van der Waals surface area contributed by atoms with Gasteiger partial charge in [0, 0.05) is 12.8 Å². The fourth-order valence-corrected chi connectivity index (χ4v) is 1.94. The van der Waals surface area contributed by atoms with E-state index in [1.165, 1.54) is 19.3 Å². The second-order valence-electron chi connectivity index (χ2n) is 4.25. The summed E-state index contributed by atoms with van der Waals surface area (Å²) in [4.78, 5) is 11.4. The molecule has 0 unspecified atom stereocenters. The lowest BCUT2D eigenvalue weighted by atomic mass is 9.99. The molecule has 1 aliphatic carbocycles. The largest absolute Gasteiger partial charge is 0.316 e. The molecule has 0 amide bonds. The van der Waals surface area contributed by atoms with Crippen LogP contribution in [0.2, 0.25) is 0 Å². The third-order valence-electron chi connectivity index (χ3n) is 2.89. The van der Waals surface area contributed by atoms with Gasteiger partial charge in [-0.15, -0.1) is 0 Å². The fraction of sp³-hybridized carbons (Fsp3) is 0.900. The zero-order valence-corrected chi connectivity index (χ0v) is 7.51. The summed E-state index contributed by atoms with van der Waals surface area (Å²) in [5, 5.41) is 3.29. The summed E-state index contributed by atoms with van der Waals surface area (Å²) in [5.41, 5.74) is 0. The SMILES string of the molecule is O=C(CC1CC1)C[C@H]1CCNC1. The summed E-state index contributed by atoms with van der Waals surface area (Å²) in [6, 6.07) is 0. The van der Waals surface area contributed by atoms with Gasteiger partial charge in [0.15, 0.2) is 0 Å². The molecule has 0 radical (unpaired) electrons. The van der Waals surface area contributed by atoms with Gasteiger partial charge in [-0.05, 0) is 44.2 Å². The average molecular weight is 167 g/mol. The molecule has 68 valence electrons. The van der Waals surface area contributed by atoms with Gasteiger partial charge in [-0.2, -0.15) is 0 Å². The molecule has 2 heteroatoms. The highest BCUT2D eigenvalue weighted by Gasteiger charge is 2.26. The Morgan fingerprint density at radius 1 is 1.17 bits per heavy atom. The predicted molar refractivity (Wildman–Crippen MR) is 47.9 cm³/mol. The summed E-state index contributed by atoms with van der Waals surface area (Å²) >= 11 is 0. The minimum Gasteiger partial charge on any atom is -0.316 e. The molecule has 1 saturated heterocycles. The number of nitrogens with one attached hydrogen (secondary N) is 1. The number of hydrogen-bond donors (Lipinski definition) is 1. The third-order valence-corrected chi connectivity index (χ3v) is 2.89. The van der Waals surface area contributed by atoms with Crippen LogP contribution in [0.15, 0.2) is 0 Å². The highest BCUT2D eigenvalue weighted by atomic mass is 16.1. The van der Waals surface area contributed by atoms with Crippen LogP contribution < -0.4 is 5.32 Å². The minimum atomic E-state index is 0.506. The molecule has 0 spiro atoms. The quantitative estimate of drug-likeness (QED) is 0.685. The zero-order valence-electron chi connectivity index (χ0n) is 7.51. The Balaban J connectivity index is 1.66. The lowest BCUT2D eigenvalue weighted by Gasteiger charge is -2.05. The van der Waals surface area contributed by atoms with E-state index in [9.17, 15) is 4.79 Å². The Morgan fingerprint density at radius 3 is 2.50 bits per heavy atom. The van der Waals surface area contributed by atoms with Gasteiger partial charge in [-0.1, -0.05) is 0 Å². The molecule has 0 aromatic heterocycles. The molecule has 1 aliphatic heterocycles. The second kappa shape index (κ2) is 3.56. The van der Waals surface area contributed by atoms with Crippen LogP contribution in [0.4, 0.5) is 0 Å². The Bertz CT molecular complexity index is 169. The summed E-state index contributed by atoms with van der Waals surface area (Å²) in [5.74, 6) is 1.93. The molecule has 1 N–H and O–H groups in total. The number of carbonyl (C=O) groups excluding carboxylic acids is 1. The summed E-state index contributed by atoms with van der Waals surface area (Å²) in [6.07, 6.45) is 5.51. The topological polar surface area (TPSA) is 29.1 Å². The smallest absolute Gasteiger partial charge is 0.133 e. The van der Waals surface area contributed by atoms with Crippen LogP contribution in [0.1, 0.15) is 32.1 Å². The molecule has 12 heavy (non-hydrogen) atoms. The lowest BCUT2D eigenvalue weighted by molar-refractivity contribution is -0.120. The van der Waals surface area contributed by atoms with Crippen molar-refractivity contribution in [2.75, 3.05) is 13.1 Å². The number of Topliss-reactive ketones (excluding diaryl/α,β-unsaturated/α-hetero) is 1. The molecule has 0 aromatic carbocycles. The molecule has 1 saturated carbocycles.